The van der Waals surface area contributed by atoms with Crippen molar-refractivity contribution in [1.82, 2.24) is 9.97 Å². The number of nitrogens with zero attached hydrogens (tertiary/aromatic N) is 1. The van der Waals surface area contributed by atoms with Crippen LogP contribution in [0.15, 0.2) is 16.9 Å². The highest BCUT2D eigenvalue weighted by Gasteiger charge is 2.26. The van der Waals surface area contributed by atoms with Crippen molar-refractivity contribution < 1.29 is 4.39 Å². The summed E-state index contributed by atoms with van der Waals surface area (Å²) in [7, 11) is 0. The molecule has 1 fully saturated rings. The number of aryl methyl sites for hydroxylation is 1. The Bertz CT molecular complexity index is 629. The number of aromatic nitrogens is 2. The van der Waals surface area contributed by atoms with E-state index in [1.807, 2.05) is 0 Å². The van der Waals surface area contributed by atoms with Crippen molar-refractivity contribution in [3.63, 3.8) is 0 Å². The van der Waals surface area contributed by atoms with Gasteiger partial charge in [-0.1, -0.05) is 0 Å². The molecule has 1 aromatic heterocycles. The number of nitrogens with one attached hydrogen (secondary N) is 1. The van der Waals surface area contributed by atoms with Crippen molar-refractivity contribution in [2.24, 2.45) is 0 Å². The van der Waals surface area contributed by atoms with Crippen LogP contribution in [0.1, 0.15) is 30.1 Å². The highest BCUT2D eigenvalue weighted by Crippen LogP contribution is 2.37. The Morgan fingerprint density at radius 2 is 2.19 bits per heavy atom. The van der Waals surface area contributed by atoms with E-state index in [1.165, 1.54) is 12.1 Å². The Labute approximate surface area is 91.3 Å². The maximum absolute atomic E-state index is 13.4. The van der Waals surface area contributed by atoms with Crippen molar-refractivity contribution >= 4 is 10.9 Å². The third-order valence-corrected chi connectivity index (χ3v) is 3.05. The number of benzene rings is 1. The lowest BCUT2D eigenvalue weighted by Crippen LogP contribution is -2.12. The number of hydrogen-bond donors (Lipinski definition) is 1. The topological polar surface area (TPSA) is 45.8 Å². The molecule has 1 N–H and O–H groups in total. The number of halogens is 1. The molecule has 1 heterocycles. The molecule has 1 aliphatic carbocycles. The highest BCUT2D eigenvalue weighted by molar-refractivity contribution is 5.80. The Morgan fingerprint density at radius 3 is 2.88 bits per heavy atom. The molecule has 0 saturated heterocycles. The molecule has 0 spiro atoms. The number of H-pyrrole nitrogens is 1. The SMILES string of the molecule is Cc1c(F)ccc2c(=O)[nH]c(C3CC3)nc12. The van der Waals surface area contributed by atoms with Crippen molar-refractivity contribution in [2.75, 3.05) is 0 Å². The number of fused-ring (bicyclic) bond motifs is 1. The smallest absolute Gasteiger partial charge is 0.258 e. The molecule has 0 radical (unpaired) electrons. The molecule has 0 bridgehead atoms. The van der Waals surface area contributed by atoms with E-state index in [-0.39, 0.29) is 11.4 Å². The van der Waals surface area contributed by atoms with Crippen molar-refractivity contribution in [3.05, 3.63) is 39.7 Å². The molecule has 1 aliphatic rings. The molecule has 16 heavy (non-hydrogen) atoms. The second kappa shape index (κ2) is 3.14. The maximum atomic E-state index is 13.4. The van der Waals surface area contributed by atoms with E-state index >= 15 is 0 Å². The molecular weight excluding hydrogens is 207 g/mol. The third-order valence-electron chi connectivity index (χ3n) is 3.05. The molecule has 0 unspecified atom stereocenters. The fourth-order valence-corrected chi connectivity index (χ4v) is 1.89. The van der Waals surface area contributed by atoms with Crippen LogP contribution in [0.4, 0.5) is 4.39 Å². The molecule has 1 aromatic carbocycles. The van der Waals surface area contributed by atoms with Crippen LogP contribution in [0.3, 0.4) is 0 Å². The van der Waals surface area contributed by atoms with Gasteiger partial charge in [-0.15, -0.1) is 0 Å². The van der Waals surface area contributed by atoms with Crippen molar-refractivity contribution in [1.29, 1.82) is 0 Å². The van der Waals surface area contributed by atoms with Gasteiger partial charge in [0, 0.05) is 11.5 Å². The van der Waals surface area contributed by atoms with Crippen LogP contribution in [0.25, 0.3) is 10.9 Å². The van der Waals surface area contributed by atoms with Gasteiger partial charge in [-0.25, -0.2) is 9.37 Å². The summed E-state index contributed by atoms with van der Waals surface area (Å²) in [5.74, 6) is 0.748. The van der Waals surface area contributed by atoms with E-state index < -0.39 is 0 Å². The molecule has 0 amide bonds. The van der Waals surface area contributed by atoms with Gasteiger partial charge in [-0.05, 0) is 31.9 Å². The van der Waals surface area contributed by atoms with Crippen LogP contribution < -0.4 is 5.56 Å². The predicted molar refractivity (Wildman–Crippen MR) is 59.0 cm³/mol. The van der Waals surface area contributed by atoms with Gasteiger partial charge in [0.1, 0.15) is 11.6 Å². The van der Waals surface area contributed by atoms with E-state index in [1.54, 1.807) is 6.92 Å². The minimum Gasteiger partial charge on any atom is -0.310 e. The van der Waals surface area contributed by atoms with Gasteiger partial charge in [0.05, 0.1) is 10.9 Å². The summed E-state index contributed by atoms with van der Waals surface area (Å²) in [6, 6.07) is 2.80. The molecule has 82 valence electrons. The van der Waals surface area contributed by atoms with E-state index in [0.717, 1.165) is 12.8 Å². The first kappa shape index (κ1) is 9.51. The van der Waals surface area contributed by atoms with Gasteiger partial charge in [0.15, 0.2) is 0 Å². The lowest BCUT2D eigenvalue weighted by atomic mass is 10.1. The number of hydrogen-bond acceptors (Lipinski definition) is 2. The molecule has 0 atom stereocenters. The zero-order valence-electron chi connectivity index (χ0n) is 8.88. The minimum absolute atomic E-state index is 0.171. The molecule has 3 rings (SSSR count). The standard InChI is InChI=1S/C12H11FN2O/c1-6-9(13)5-4-8-10(6)14-11(7-2-3-7)15-12(8)16/h4-5,7H,2-3H2,1H3,(H,14,15,16). The first-order valence-corrected chi connectivity index (χ1v) is 5.36. The lowest BCUT2D eigenvalue weighted by Gasteiger charge is -2.04. The van der Waals surface area contributed by atoms with E-state index in [9.17, 15) is 9.18 Å². The fraction of sp³-hybridized carbons (Fsp3) is 0.333. The number of rotatable bonds is 1. The van der Waals surface area contributed by atoms with E-state index in [0.29, 0.717) is 28.2 Å². The van der Waals surface area contributed by atoms with Crippen LogP contribution in [-0.4, -0.2) is 9.97 Å². The highest BCUT2D eigenvalue weighted by atomic mass is 19.1. The largest absolute Gasteiger partial charge is 0.310 e. The quantitative estimate of drug-likeness (QED) is 0.797. The zero-order chi connectivity index (χ0) is 11.3. The van der Waals surface area contributed by atoms with Crippen molar-refractivity contribution in [3.8, 4) is 0 Å². The second-order valence-electron chi connectivity index (χ2n) is 4.29. The first-order valence-electron chi connectivity index (χ1n) is 5.36. The summed E-state index contributed by atoms with van der Waals surface area (Å²) in [5.41, 5.74) is 0.770. The van der Waals surface area contributed by atoms with Gasteiger partial charge in [-0.2, -0.15) is 0 Å². The molecule has 3 nitrogen and oxygen atoms in total. The predicted octanol–water partition coefficient (Wildman–Crippen LogP) is 2.25. The Hall–Kier alpha value is -1.71. The van der Waals surface area contributed by atoms with E-state index in [4.69, 9.17) is 0 Å². The van der Waals surface area contributed by atoms with Gasteiger partial charge in [0.25, 0.3) is 5.56 Å². The van der Waals surface area contributed by atoms with Gasteiger partial charge < -0.3 is 4.98 Å². The average Bonchev–Trinajstić information content (AvgIpc) is 3.07. The fourth-order valence-electron chi connectivity index (χ4n) is 1.89. The molecule has 2 aromatic rings. The summed E-state index contributed by atoms with van der Waals surface area (Å²) in [4.78, 5) is 18.9. The van der Waals surface area contributed by atoms with E-state index in [2.05, 4.69) is 9.97 Å². The average molecular weight is 218 g/mol. The molecule has 4 heteroatoms. The Morgan fingerprint density at radius 1 is 1.44 bits per heavy atom. The molecule has 1 saturated carbocycles. The van der Waals surface area contributed by atoms with Gasteiger partial charge in [-0.3, -0.25) is 4.79 Å². The Kier molecular flexibility index (Phi) is 1.87. The zero-order valence-corrected chi connectivity index (χ0v) is 8.88. The van der Waals surface area contributed by atoms with Gasteiger partial charge >= 0.3 is 0 Å². The summed E-state index contributed by atoms with van der Waals surface area (Å²) in [6.07, 6.45) is 2.12. The van der Waals surface area contributed by atoms with Crippen molar-refractivity contribution in [2.45, 2.75) is 25.7 Å². The Balaban J connectivity index is 2.38. The summed E-state index contributed by atoms with van der Waals surface area (Å²) in [6.45, 7) is 1.65. The van der Waals surface area contributed by atoms with Crippen LogP contribution >= 0.6 is 0 Å². The van der Waals surface area contributed by atoms with Gasteiger partial charge in [0.2, 0.25) is 0 Å². The lowest BCUT2D eigenvalue weighted by molar-refractivity contribution is 0.620. The summed E-state index contributed by atoms with van der Waals surface area (Å²) < 4.78 is 13.4. The van der Waals surface area contributed by atoms with Crippen LogP contribution in [0.2, 0.25) is 0 Å². The number of aromatic amines is 1. The summed E-state index contributed by atoms with van der Waals surface area (Å²) in [5, 5.41) is 0.461. The first-order chi connectivity index (χ1) is 7.66. The minimum atomic E-state index is -0.313. The van der Waals surface area contributed by atoms with Crippen LogP contribution in [0.5, 0.6) is 0 Å². The van der Waals surface area contributed by atoms with Crippen LogP contribution in [-0.2, 0) is 0 Å². The monoisotopic (exact) mass is 218 g/mol. The normalized spacial score (nSPS) is 15.6. The third kappa shape index (κ3) is 1.33. The van der Waals surface area contributed by atoms with Crippen LogP contribution in [0, 0.1) is 12.7 Å². The second-order valence-corrected chi connectivity index (χ2v) is 4.29. The molecular formula is C12H11FN2O. The molecule has 0 aliphatic heterocycles. The summed E-state index contributed by atoms with van der Waals surface area (Å²) >= 11 is 0. The maximum Gasteiger partial charge on any atom is 0.258 e.